The standard InChI is InChI=1S/C10H13BrClN5/c1-3-8-10(11)9(16(2)14-8)6-17-5-7(4-12)13-15-17/h5H,3-4,6H2,1-2H3. The fourth-order valence-corrected chi connectivity index (χ4v) is 2.49. The molecule has 0 aliphatic carbocycles. The quantitative estimate of drug-likeness (QED) is 0.811. The molecule has 0 spiro atoms. The summed E-state index contributed by atoms with van der Waals surface area (Å²) < 4.78 is 4.68. The van der Waals surface area contributed by atoms with E-state index in [9.17, 15) is 0 Å². The summed E-state index contributed by atoms with van der Waals surface area (Å²) in [4.78, 5) is 0. The number of rotatable bonds is 4. The van der Waals surface area contributed by atoms with Crippen molar-refractivity contribution >= 4 is 27.5 Å². The molecular formula is C10H13BrClN5. The summed E-state index contributed by atoms with van der Waals surface area (Å²) in [6.45, 7) is 2.71. The predicted molar refractivity (Wildman–Crippen MR) is 69.0 cm³/mol. The van der Waals surface area contributed by atoms with Gasteiger partial charge in [0.05, 0.1) is 40.2 Å². The molecule has 0 aromatic carbocycles. The van der Waals surface area contributed by atoms with Crippen molar-refractivity contribution in [1.82, 2.24) is 24.8 Å². The first-order valence-electron chi connectivity index (χ1n) is 5.31. The summed E-state index contributed by atoms with van der Waals surface area (Å²) >= 11 is 9.26. The summed E-state index contributed by atoms with van der Waals surface area (Å²) in [6, 6.07) is 0. The van der Waals surface area contributed by atoms with E-state index in [4.69, 9.17) is 11.6 Å². The molecule has 0 unspecified atom stereocenters. The average molecular weight is 319 g/mol. The van der Waals surface area contributed by atoms with Gasteiger partial charge < -0.3 is 0 Å². The molecule has 0 aliphatic rings. The molecule has 17 heavy (non-hydrogen) atoms. The molecule has 2 heterocycles. The van der Waals surface area contributed by atoms with E-state index in [-0.39, 0.29) is 0 Å². The normalized spacial score (nSPS) is 11.1. The van der Waals surface area contributed by atoms with Crippen LogP contribution in [0.4, 0.5) is 0 Å². The van der Waals surface area contributed by atoms with Gasteiger partial charge >= 0.3 is 0 Å². The molecule has 2 aromatic heterocycles. The van der Waals surface area contributed by atoms with Gasteiger partial charge in [-0.15, -0.1) is 16.7 Å². The summed E-state index contributed by atoms with van der Waals surface area (Å²) in [6.07, 6.45) is 2.75. The Kier molecular flexibility index (Phi) is 3.83. The highest BCUT2D eigenvalue weighted by molar-refractivity contribution is 9.10. The second-order valence-electron chi connectivity index (χ2n) is 3.73. The van der Waals surface area contributed by atoms with Crippen LogP contribution in [0.3, 0.4) is 0 Å². The SMILES string of the molecule is CCc1nn(C)c(Cn2cc(CCl)nn2)c1Br. The first-order chi connectivity index (χ1) is 8.15. The number of nitrogens with zero attached hydrogens (tertiary/aromatic N) is 5. The number of halogens is 2. The van der Waals surface area contributed by atoms with Gasteiger partial charge in [-0.1, -0.05) is 12.1 Å². The maximum Gasteiger partial charge on any atom is 0.0974 e. The van der Waals surface area contributed by atoms with Crippen molar-refractivity contribution in [3.63, 3.8) is 0 Å². The van der Waals surface area contributed by atoms with Crippen molar-refractivity contribution in [3.8, 4) is 0 Å². The monoisotopic (exact) mass is 317 g/mol. The highest BCUT2D eigenvalue weighted by Gasteiger charge is 2.13. The molecule has 0 bridgehead atoms. The Morgan fingerprint density at radius 3 is 2.76 bits per heavy atom. The fraction of sp³-hybridized carbons (Fsp3) is 0.500. The maximum absolute atomic E-state index is 5.69. The van der Waals surface area contributed by atoms with Crippen molar-refractivity contribution < 1.29 is 0 Å². The van der Waals surface area contributed by atoms with Crippen LogP contribution in [0.2, 0.25) is 0 Å². The van der Waals surface area contributed by atoms with Gasteiger partial charge in [-0.3, -0.25) is 4.68 Å². The summed E-state index contributed by atoms with van der Waals surface area (Å²) in [5, 5.41) is 12.4. The van der Waals surface area contributed by atoms with E-state index in [1.807, 2.05) is 17.9 Å². The zero-order valence-corrected chi connectivity index (χ0v) is 12.0. The van der Waals surface area contributed by atoms with Crippen LogP contribution in [-0.4, -0.2) is 24.8 Å². The number of hydrogen-bond acceptors (Lipinski definition) is 3. The van der Waals surface area contributed by atoms with Crippen LogP contribution in [0.15, 0.2) is 10.7 Å². The number of alkyl halides is 1. The molecule has 0 aliphatic heterocycles. The minimum Gasteiger partial charge on any atom is -0.269 e. The van der Waals surface area contributed by atoms with Gasteiger partial charge in [0.25, 0.3) is 0 Å². The lowest BCUT2D eigenvalue weighted by atomic mass is 10.3. The molecule has 0 N–H and O–H groups in total. The first-order valence-corrected chi connectivity index (χ1v) is 6.63. The van der Waals surface area contributed by atoms with E-state index >= 15 is 0 Å². The lowest BCUT2D eigenvalue weighted by Gasteiger charge is -2.02. The zero-order chi connectivity index (χ0) is 12.4. The van der Waals surface area contributed by atoms with Gasteiger partial charge in [0.1, 0.15) is 0 Å². The molecule has 0 amide bonds. The van der Waals surface area contributed by atoms with Crippen LogP contribution in [0.5, 0.6) is 0 Å². The van der Waals surface area contributed by atoms with Gasteiger partial charge in [-0.05, 0) is 22.4 Å². The Balaban J connectivity index is 2.26. The van der Waals surface area contributed by atoms with Gasteiger partial charge in [0.15, 0.2) is 0 Å². The summed E-state index contributed by atoms with van der Waals surface area (Å²) in [5.74, 6) is 0.382. The number of aryl methyl sites for hydroxylation is 2. The molecule has 5 nitrogen and oxygen atoms in total. The Bertz CT molecular complexity index is 519. The molecule has 0 radical (unpaired) electrons. The van der Waals surface area contributed by atoms with Crippen LogP contribution < -0.4 is 0 Å². The van der Waals surface area contributed by atoms with Crippen molar-refractivity contribution in [1.29, 1.82) is 0 Å². The van der Waals surface area contributed by atoms with Crippen LogP contribution in [0.1, 0.15) is 24.0 Å². The lowest BCUT2D eigenvalue weighted by molar-refractivity contribution is 0.597. The van der Waals surface area contributed by atoms with Crippen molar-refractivity contribution in [2.24, 2.45) is 7.05 Å². The predicted octanol–water partition coefficient (Wildman–Crippen LogP) is 2.12. The second-order valence-corrected chi connectivity index (χ2v) is 4.79. The summed E-state index contributed by atoms with van der Waals surface area (Å²) in [7, 11) is 1.93. The highest BCUT2D eigenvalue weighted by Crippen LogP contribution is 2.22. The Labute approximate surface area is 113 Å². The van der Waals surface area contributed by atoms with E-state index in [0.29, 0.717) is 12.4 Å². The van der Waals surface area contributed by atoms with Crippen LogP contribution in [0.25, 0.3) is 0 Å². The largest absolute Gasteiger partial charge is 0.269 e. The van der Waals surface area contributed by atoms with E-state index in [0.717, 1.165) is 28.0 Å². The second kappa shape index (κ2) is 5.18. The van der Waals surface area contributed by atoms with Crippen LogP contribution in [-0.2, 0) is 25.9 Å². The molecule has 92 valence electrons. The molecule has 0 atom stereocenters. The molecule has 0 saturated heterocycles. The number of hydrogen-bond donors (Lipinski definition) is 0. The van der Waals surface area contributed by atoms with Crippen molar-refractivity contribution in [3.05, 3.63) is 27.8 Å². The van der Waals surface area contributed by atoms with E-state index in [2.05, 4.69) is 38.3 Å². The fourth-order valence-electron chi connectivity index (χ4n) is 1.62. The minimum absolute atomic E-state index is 0.382. The smallest absolute Gasteiger partial charge is 0.0974 e. The summed E-state index contributed by atoms with van der Waals surface area (Å²) in [5.41, 5.74) is 2.91. The molecule has 2 aromatic rings. The van der Waals surface area contributed by atoms with E-state index < -0.39 is 0 Å². The molecule has 7 heteroatoms. The van der Waals surface area contributed by atoms with E-state index in [1.54, 1.807) is 4.68 Å². The van der Waals surface area contributed by atoms with Gasteiger partial charge in [0.2, 0.25) is 0 Å². The molecule has 0 fully saturated rings. The van der Waals surface area contributed by atoms with Gasteiger partial charge in [-0.25, -0.2) is 4.68 Å². The van der Waals surface area contributed by atoms with Crippen LogP contribution in [0, 0.1) is 0 Å². The average Bonchev–Trinajstić information content (AvgIpc) is 2.88. The molecule has 0 saturated carbocycles. The molecule has 2 rings (SSSR count). The first kappa shape index (κ1) is 12.6. The van der Waals surface area contributed by atoms with E-state index in [1.165, 1.54) is 0 Å². The third kappa shape index (κ3) is 2.52. The minimum atomic E-state index is 0.382. The maximum atomic E-state index is 5.69. The van der Waals surface area contributed by atoms with Crippen molar-refractivity contribution in [2.75, 3.05) is 0 Å². The zero-order valence-electron chi connectivity index (χ0n) is 9.69. The van der Waals surface area contributed by atoms with Crippen molar-refractivity contribution in [2.45, 2.75) is 25.8 Å². The number of aromatic nitrogens is 5. The highest BCUT2D eigenvalue weighted by atomic mass is 79.9. The topological polar surface area (TPSA) is 48.5 Å². The molecular weight excluding hydrogens is 306 g/mol. The van der Waals surface area contributed by atoms with Gasteiger partial charge in [0, 0.05) is 7.05 Å². The lowest BCUT2D eigenvalue weighted by Crippen LogP contribution is -2.06. The Morgan fingerprint density at radius 2 is 2.24 bits per heavy atom. The van der Waals surface area contributed by atoms with Crippen LogP contribution >= 0.6 is 27.5 Å². The Morgan fingerprint density at radius 1 is 1.47 bits per heavy atom. The Hall–Kier alpha value is -0.880. The third-order valence-electron chi connectivity index (χ3n) is 2.54. The third-order valence-corrected chi connectivity index (χ3v) is 3.73. The van der Waals surface area contributed by atoms with Gasteiger partial charge in [-0.2, -0.15) is 5.10 Å².